The van der Waals surface area contributed by atoms with Crippen LogP contribution in [0.3, 0.4) is 0 Å². The molecule has 2 heterocycles. The van der Waals surface area contributed by atoms with Crippen molar-refractivity contribution in [3.8, 4) is 28.0 Å². The first-order valence-corrected chi connectivity index (χ1v) is 7.58. The van der Waals surface area contributed by atoms with Gasteiger partial charge in [0.15, 0.2) is 0 Å². The van der Waals surface area contributed by atoms with Crippen LogP contribution >= 0.6 is 34.5 Å². The fourth-order valence-electron chi connectivity index (χ4n) is 1.80. The first-order valence-electron chi connectivity index (χ1n) is 5.95. The fourth-order valence-corrected chi connectivity index (χ4v) is 3.17. The van der Waals surface area contributed by atoms with Gasteiger partial charge in [-0.1, -0.05) is 35.3 Å². The van der Waals surface area contributed by atoms with E-state index >= 15 is 0 Å². The smallest absolute Gasteiger partial charge is 0.144 e. The molecule has 0 saturated carbocycles. The molecule has 0 radical (unpaired) electrons. The average molecular weight is 332 g/mol. The minimum Gasteiger partial charge on any atom is -0.251 e. The lowest BCUT2D eigenvalue weighted by Gasteiger charge is -1.99. The fraction of sp³-hybridized carbons (Fsp3) is 0. The van der Waals surface area contributed by atoms with E-state index in [1.54, 1.807) is 24.4 Å². The monoisotopic (exact) mass is 331 g/mol. The summed E-state index contributed by atoms with van der Waals surface area (Å²) in [5.41, 5.74) is 3.01. The zero-order chi connectivity index (χ0) is 14.8. The van der Waals surface area contributed by atoms with Gasteiger partial charge >= 0.3 is 0 Å². The summed E-state index contributed by atoms with van der Waals surface area (Å²) in [7, 11) is 0. The normalized spacial score (nSPS) is 10.3. The van der Waals surface area contributed by atoms with Crippen LogP contribution in [0.25, 0.3) is 22.0 Å². The summed E-state index contributed by atoms with van der Waals surface area (Å²) in [6.07, 6.45) is 1.55. The van der Waals surface area contributed by atoms with Gasteiger partial charge in [0.25, 0.3) is 0 Å². The van der Waals surface area contributed by atoms with Crippen molar-refractivity contribution in [1.82, 2.24) is 9.97 Å². The molecule has 3 aromatic rings. The highest BCUT2D eigenvalue weighted by atomic mass is 35.5. The lowest BCUT2D eigenvalue weighted by Crippen LogP contribution is -1.85. The predicted octanol–water partition coefficient (Wildman–Crippen LogP) is 5.05. The van der Waals surface area contributed by atoms with Crippen LogP contribution in [0, 0.1) is 11.3 Å². The van der Waals surface area contributed by atoms with Gasteiger partial charge in [-0.2, -0.15) is 5.26 Å². The average Bonchev–Trinajstić information content (AvgIpc) is 2.97. The first kappa shape index (κ1) is 14.0. The van der Waals surface area contributed by atoms with Gasteiger partial charge < -0.3 is 0 Å². The molecule has 0 saturated heterocycles. The summed E-state index contributed by atoms with van der Waals surface area (Å²) in [5, 5.41) is 12.4. The van der Waals surface area contributed by atoms with E-state index in [-0.39, 0.29) is 0 Å². The summed E-state index contributed by atoms with van der Waals surface area (Å²) in [5.74, 6) is 0. The minimum atomic E-state index is 0.475. The lowest BCUT2D eigenvalue weighted by atomic mass is 10.1. The minimum absolute atomic E-state index is 0.475. The molecule has 0 bridgehead atoms. The van der Waals surface area contributed by atoms with Crippen molar-refractivity contribution in [2.45, 2.75) is 0 Å². The third kappa shape index (κ3) is 2.91. The van der Waals surface area contributed by atoms with Crippen molar-refractivity contribution in [3.05, 3.63) is 57.5 Å². The highest BCUT2D eigenvalue weighted by Gasteiger charge is 2.11. The number of nitriles is 1. The number of aromatic nitrogens is 2. The van der Waals surface area contributed by atoms with E-state index in [1.807, 2.05) is 17.5 Å². The highest BCUT2D eigenvalue weighted by molar-refractivity contribution is 7.13. The molecular formula is C15H7Cl2N3S. The third-order valence-electron chi connectivity index (χ3n) is 2.82. The zero-order valence-corrected chi connectivity index (χ0v) is 12.9. The van der Waals surface area contributed by atoms with Crippen LogP contribution in [0.5, 0.6) is 0 Å². The van der Waals surface area contributed by atoms with Crippen LogP contribution in [-0.2, 0) is 0 Å². The molecule has 1 aromatic carbocycles. The molecule has 0 atom stereocenters. The van der Waals surface area contributed by atoms with Crippen LogP contribution < -0.4 is 0 Å². The first-order chi connectivity index (χ1) is 10.2. The maximum Gasteiger partial charge on any atom is 0.144 e. The molecule has 2 aromatic heterocycles. The molecule has 0 aliphatic rings. The van der Waals surface area contributed by atoms with Crippen LogP contribution in [0.2, 0.25) is 10.0 Å². The zero-order valence-electron chi connectivity index (χ0n) is 10.5. The van der Waals surface area contributed by atoms with Crippen molar-refractivity contribution >= 4 is 34.5 Å². The van der Waals surface area contributed by atoms with Crippen molar-refractivity contribution in [1.29, 1.82) is 5.26 Å². The highest BCUT2D eigenvalue weighted by Crippen LogP contribution is 2.32. The molecule has 21 heavy (non-hydrogen) atoms. The standard InChI is InChI=1S/C15H7Cl2N3S/c16-11-5-12(17)14(19-7-11)15-20-13(8-21-15)10-3-1-9(6-18)2-4-10/h1-5,7-8H. The quantitative estimate of drug-likeness (QED) is 0.660. The second-order valence-corrected chi connectivity index (χ2v) is 5.91. The lowest BCUT2D eigenvalue weighted by molar-refractivity contribution is 1.29. The second-order valence-electron chi connectivity index (χ2n) is 4.21. The summed E-state index contributed by atoms with van der Waals surface area (Å²) in [4.78, 5) is 8.77. The summed E-state index contributed by atoms with van der Waals surface area (Å²) >= 11 is 13.4. The number of hydrogen-bond acceptors (Lipinski definition) is 4. The number of rotatable bonds is 2. The number of halogens is 2. The topological polar surface area (TPSA) is 49.6 Å². The Morgan fingerprint density at radius 3 is 2.57 bits per heavy atom. The maximum absolute atomic E-state index is 8.81. The molecular weight excluding hydrogens is 325 g/mol. The van der Waals surface area contributed by atoms with Crippen LogP contribution in [0.1, 0.15) is 5.56 Å². The Labute approximate surface area is 135 Å². The van der Waals surface area contributed by atoms with Gasteiger partial charge in [0.2, 0.25) is 0 Å². The Kier molecular flexibility index (Phi) is 3.89. The molecule has 0 aliphatic heterocycles. The largest absolute Gasteiger partial charge is 0.251 e. The molecule has 3 nitrogen and oxygen atoms in total. The van der Waals surface area contributed by atoms with E-state index in [4.69, 9.17) is 28.5 Å². The van der Waals surface area contributed by atoms with Gasteiger partial charge in [0, 0.05) is 17.1 Å². The van der Waals surface area contributed by atoms with Crippen molar-refractivity contribution in [3.63, 3.8) is 0 Å². The summed E-state index contributed by atoms with van der Waals surface area (Å²) in [6.45, 7) is 0. The third-order valence-corrected chi connectivity index (χ3v) is 4.17. The van der Waals surface area contributed by atoms with Gasteiger partial charge in [-0.3, -0.25) is 4.98 Å². The molecule has 0 aliphatic carbocycles. The predicted molar refractivity (Wildman–Crippen MR) is 85.5 cm³/mol. The van der Waals surface area contributed by atoms with Crippen LogP contribution in [0.15, 0.2) is 41.9 Å². The Morgan fingerprint density at radius 1 is 1.14 bits per heavy atom. The molecule has 6 heteroatoms. The van der Waals surface area contributed by atoms with Crippen molar-refractivity contribution in [2.24, 2.45) is 0 Å². The Hall–Kier alpha value is -1.93. The van der Waals surface area contributed by atoms with Crippen molar-refractivity contribution < 1.29 is 0 Å². The van der Waals surface area contributed by atoms with Crippen LogP contribution in [0.4, 0.5) is 0 Å². The number of benzene rings is 1. The van der Waals surface area contributed by atoms with E-state index in [2.05, 4.69) is 16.0 Å². The van der Waals surface area contributed by atoms with Gasteiger partial charge in [-0.25, -0.2) is 4.98 Å². The van der Waals surface area contributed by atoms with Gasteiger partial charge in [0.1, 0.15) is 10.7 Å². The molecule has 0 amide bonds. The van der Waals surface area contributed by atoms with Gasteiger partial charge in [-0.15, -0.1) is 11.3 Å². The second kappa shape index (κ2) is 5.82. The van der Waals surface area contributed by atoms with E-state index in [1.165, 1.54) is 11.3 Å². The Morgan fingerprint density at radius 2 is 1.90 bits per heavy atom. The van der Waals surface area contributed by atoms with Gasteiger partial charge in [0.05, 0.1) is 27.4 Å². The molecule has 0 spiro atoms. The number of thiazole rings is 1. The molecule has 102 valence electrons. The van der Waals surface area contributed by atoms with Crippen LogP contribution in [-0.4, -0.2) is 9.97 Å². The summed E-state index contributed by atoms with van der Waals surface area (Å²) in [6, 6.07) is 11.0. The molecule has 3 rings (SSSR count). The Bertz CT molecular complexity index is 835. The molecule has 0 unspecified atom stereocenters. The number of nitrogens with zero attached hydrogens (tertiary/aromatic N) is 3. The van der Waals surface area contributed by atoms with E-state index < -0.39 is 0 Å². The van der Waals surface area contributed by atoms with E-state index in [9.17, 15) is 0 Å². The molecule has 0 N–H and O–H groups in total. The summed E-state index contributed by atoms with van der Waals surface area (Å²) < 4.78 is 0. The number of pyridine rings is 1. The SMILES string of the molecule is N#Cc1ccc(-c2csc(-c3ncc(Cl)cc3Cl)n2)cc1. The van der Waals surface area contributed by atoms with E-state index in [0.717, 1.165) is 16.3 Å². The number of hydrogen-bond donors (Lipinski definition) is 0. The maximum atomic E-state index is 8.81. The van der Waals surface area contributed by atoms with Gasteiger partial charge in [-0.05, 0) is 18.2 Å². The molecule has 0 fully saturated rings. The van der Waals surface area contributed by atoms with Crippen molar-refractivity contribution in [2.75, 3.05) is 0 Å². The van der Waals surface area contributed by atoms with E-state index in [0.29, 0.717) is 21.3 Å². The Balaban J connectivity index is 1.97.